The molecule has 31 heavy (non-hydrogen) atoms. The van der Waals surface area contributed by atoms with Crippen LogP contribution < -0.4 is 5.32 Å². The number of aryl methyl sites for hydroxylation is 1. The fourth-order valence-electron chi connectivity index (χ4n) is 5.05. The maximum absolute atomic E-state index is 13.1. The van der Waals surface area contributed by atoms with Crippen LogP contribution in [0.5, 0.6) is 0 Å². The van der Waals surface area contributed by atoms with E-state index in [0.29, 0.717) is 5.69 Å². The summed E-state index contributed by atoms with van der Waals surface area (Å²) < 4.78 is 6.13. The Morgan fingerprint density at radius 2 is 1.77 bits per heavy atom. The Kier molecular flexibility index (Phi) is 5.77. The quantitative estimate of drug-likeness (QED) is 0.377. The van der Waals surface area contributed by atoms with Crippen LogP contribution in [0.15, 0.2) is 34.8 Å². The number of amides is 3. The highest BCUT2D eigenvalue weighted by molar-refractivity contribution is 9.10. The number of esters is 1. The Hall–Kier alpha value is -2.48. The first kappa shape index (κ1) is 21.7. The number of likely N-dealkylation sites (tertiary alicyclic amines) is 1. The summed E-state index contributed by atoms with van der Waals surface area (Å²) in [6.45, 7) is 4.88. The number of hydrogen-bond acceptors (Lipinski definition) is 5. The molecular weight excluding hydrogens is 464 g/mol. The molecule has 1 aromatic carbocycles. The SMILES string of the molecule is Cc1cc(Br)ccc1NC(=O)COC(=O)[C@H](C(C)C)N1C(=O)[C@@H]2[C@H](C1=O)[C@H]1C=C[C@H]2C1. The summed E-state index contributed by atoms with van der Waals surface area (Å²) in [5, 5.41) is 2.71. The first-order valence-electron chi connectivity index (χ1n) is 10.5. The van der Waals surface area contributed by atoms with Crippen molar-refractivity contribution in [1.29, 1.82) is 0 Å². The molecule has 1 aliphatic heterocycles. The van der Waals surface area contributed by atoms with Gasteiger partial charge in [-0.05, 0) is 54.9 Å². The van der Waals surface area contributed by atoms with Gasteiger partial charge in [-0.15, -0.1) is 0 Å². The molecule has 0 aromatic heterocycles. The molecule has 0 radical (unpaired) electrons. The largest absolute Gasteiger partial charge is 0.454 e. The molecule has 1 heterocycles. The molecule has 2 aliphatic carbocycles. The van der Waals surface area contributed by atoms with Gasteiger partial charge in [0.1, 0.15) is 6.04 Å². The summed E-state index contributed by atoms with van der Waals surface area (Å²) >= 11 is 3.37. The van der Waals surface area contributed by atoms with Crippen molar-refractivity contribution in [3.05, 3.63) is 40.4 Å². The Balaban J connectivity index is 1.42. The summed E-state index contributed by atoms with van der Waals surface area (Å²) in [6, 6.07) is 4.37. The first-order chi connectivity index (χ1) is 14.7. The van der Waals surface area contributed by atoms with E-state index in [9.17, 15) is 19.2 Å². The van der Waals surface area contributed by atoms with E-state index in [1.807, 2.05) is 25.1 Å². The number of nitrogens with one attached hydrogen (secondary N) is 1. The van der Waals surface area contributed by atoms with Gasteiger partial charge in [-0.2, -0.15) is 0 Å². The van der Waals surface area contributed by atoms with Gasteiger partial charge in [0, 0.05) is 10.2 Å². The van der Waals surface area contributed by atoms with Crippen molar-refractivity contribution in [2.45, 2.75) is 33.2 Å². The molecule has 2 fully saturated rings. The third-order valence-electron chi connectivity index (χ3n) is 6.46. The molecule has 2 bridgehead atoms. The van der Waals surface area contributed by atoms with E-state index < -0.39 is 24.5 Å². The lowest BCUT2D eigenvalue weighted by atomic mass is 9.85. The lowest BCUT2D eigenvalue weighted by Gasteiger charge is -2.28. The number of hydrogen-bond donors (Lipinski definition) is 1. The average molecular weight is 489 g/mol. The molecule has 4 rings (SSSR count). The number of fused-ring (bicyclic) bond motifs is 5. The maximum Gasteiger partial charge on any atom is 0.330 e. The van der Waals surface area contributed by atoms with Gasteiger partial charge in [0.05, 0.1) is 11.8 Å². The van der Waals surface area contributed by atoms with Crippen LogP contribution in [0.2, 0.25) is 0 Å². The van der Waals surface area contributed by atoms with Gasteiger partial charge < -0.3 is 10.1 Å². The second kappa shape index (κ2) is 8.22. The van der Waals surface area contributed by atoms with E-state index in [1.54, 1.807) is 26.0 Å². The lowest BCUT2D eigenvalue weighted by molar-refractivity contribution is -0.162. The van der Waals surface area contributed by atoms with Crippen molar-refractivity contribution in [2.24, 2.45) is 29.6 Å². The predicted molar refractivity (Wildman–Crippen MR) is 117 cm³/mol. The fraction of sp³-hybridized carbons (Fsp3) is 0.478. The summed E-state index contributed by atoms with van der Waals surface area (Å²) in [4.78, 5) is 52.4. The number of benzene rings is 1. The third kappa shape index (κ3) is 3.82. The van der Waals surface area contributed by atoms with Gasteiger partial charge in [-0.25, -0.2) is 4.79 Å². The van der Waals surface area contributed by atoms with Gasteiger partial charge >= 0.3 is 5.97 Å². The number of rotatable bonds is 6. The zero-order chi connectivity index (χ0) is 22.4. The molecule has 1 saturated carbocycles. The Bertz CT molecular complexity index is 958. The minimum Gasteiger partial charge on any atom is -0.454 e. The molecule has 0 spiro atoms. The summed E-state index contributed by atoms with van der Waals surface area (Å²) in [7, 11) is 0. The molecule has 8 heteroatoms. The van der Waals surface area contributed by atoms with E-state index in [4.69, 9.17) is 4.74 Å². The van der Waals surface area contributed by atoms with Crippen LogP contribution in [0.4, 0.5) is 5.69 Å². The van der Waals surface area contributed by atoms with Crippen LogP contribution in [0.1, 0.15) is 25.8 Å². The van der Waals surface area contributed by atoms with Gasteiger partial charge in [0.25, 0.3) is 5.91 Å². The van der Waals surface area contributed by atoms with E-state index in [2.05, 4.69) is 21.2 Å². The van der Waals surface area contributed by atoms with Crippen LogP contribution in [0.3, 0.4) is 0 Å². The molecular formula is C23H25BrN2O5. The van der Waals surface area contributed by atoms with E-state index in [0.717, 1.165) is 21.4 Å². The van der Waals surface area contributed by atoms with Crippen LogP contribution in [-0.2, 0) is 23.9 Å². The average Bonchev–Trinajstić information content (AvgIpc) is 3.38. The highest BCUT2D eigenvalue weighted by Crippen LogP contribution is 2.53. The highest BCUT2D eigenvalue weighted by atomic mass is 79.9. The molecule has 3 aliphatic rings. The number of halogens is 1. The Morgan fingerprint density at radius 3 is 2.32 bits per heavy atom. The van der Waals surface area contributed by atoms with Crippen LogP contribution >= 0.6 is 15.9 Å². The van der Waals surface area contributed by atoms with Crippen molar-refractivity contribution < 1.29 is 23.9 Å². The number of nitrogens with zero attached hydrogens (tertiary/aromatic N) is 1. The molecule has 1 aromatic rings. The van der Waals surface area contributed by atoms with Gasteiger partial charge in [-0.1, -0.05) is 41.9 Å². The monoisotopic (exact) mass is 488 g/mol. The predicted octanol–water partition coefficient (Wildman–Crippen LogP) is 3.07. The minimum absolute atomic E-state index is 0.0696. The van der Waals surface area contributed by atoms with Crippen molar-refractivity contribution in [3.63, 3.8) is 0 Å². The van der Waals surface area contributed by atoms with E-state index in [1.165, 1.54) is 0 Å². The third-order valence-corrected chi connectivity index (χ3v) is 6.96. The van der Waals surface area contributed by atoms with Crippen molar-refractivity contribution >= 4 is 45.3 Å². The molecule has 5 atom stereocenters. The molecule has 3 amide bonds. The number of anilines is 1. The zero-order valence-electron chi connectivity index (χ0n) is 17.6. The minimum atomic E-state index is -1.03. The van der Waals surface area contributed by atoms with Gasteiger partial charge in [0.15, 0.2) is 6.61 Å². The lowest BCUT2D eigenvalue weighted by Crippen LogP contribution is -2.50. The van der Waals surface area contributed by atoms with Crippen molar-refractivity contribution in [3.8, 4) is 0 Å². The number of carbonyl (C=O) groups excluding carboxylic acids is 4. The van der Waals surface area contributed by atoms with Crippen LogP contribution in [0, 0.1) is 36.5 Å². The van der Waals surface area contributed by atoms with Crippen LogP contribution in [-0.4, -0.2) is 41.2 Å². The second-order valence-corrected chi connectivity index (χ2v) is 9.77. The first-order valence-corrected chi connectivity index (χ1v) is 11.3. The summed E-state index contributed by atoms with van der Waals surface area (Å²) in [6.07, 6.45) is 4.85. The highest BCUT2D eigenvalue weighted by Gasteiger charge is 2.61. The molecule has 1 saturated heterocycles. The normalized spacial score (nSPS) is 27.1. The van der Waals surface area contributed by atoms with E-state index >= 15 is 0 Å². The van der Waals surface area contributed by atoms with E-state index in [-0.39, 0.29) is 41.4 Å². The summed E-state index contributed by atoms with van der Waals surface area (Å²) in [5.74, 6) is -2.75. The van der Waals surface area contributed by atoms with Gasteiger partial charge in [0.2, 0.25) is 11.8 Å². The molecule has 7 nitrogen and oxygen atoms in total. The molecule has 1 N–H and O–H groups in total. The van der Waals surface area contributed by atoms with Crippen molar-refractivity contribution in [2.75, 3.05) is 11.9 Å². The maximum atomic E-state index is 13.1. The topological polar surface area (TPSA) is 92.8 Å². The number of carbonyl (C=O) groups is 4. The smallest absolute Gasteiger partial charge is 0.330 e. The Morgan fingerprint density at radius 1 is 1.16 bits per heavy atom. The number of imide groups is 1. The summed E-state index contributed by atoms with van der Waals surface area (Å²) in [5.41, 5.74) is 1.47. The zero-order valence-corrected chi connectivity index (χ0v) is 19.2. The number of ether oxygens (including phenoxy) is 1. The Labute approximate surface area is 189 Å². The molecule has 164 valence electrons. The standard InChI is InChI=1S/C23H25BrN2O5/c1-11(2)20(26-21(28)18-13-4-5-14(9-13)19(18)22(26)29)23(30)31-10-17(27)25-16-7-6-15(24)8-12(16)3/h4-8,11,13-14,18-20H,9-10H2,1-3H3,(H,25,27)/t13-,14-,18-,19+,20-/m0/s1. The van der Waals surface area contributed by atoms with Gasteiger partial charge in [-0.3, -0.25) is 19.3 Å². The van der Waals surface area contributed by atoms with Crippen LogP contribution in [0.25, 0.3) is 0 Å². The second-order valence-electron chi connectivity index (χ2n) is 8.85. The van der Waals surface area contributed by atoms with Crippen molar-refractivity contribution in [1.82, 2.24) is 4.90 Å². The fourth-order valence-corrected chi connectivity index (χ4v) is 5.53. The molecule has 0 unspecified atom stereocenters. The number of allylic oxidation sites excluding steroid dienone is 2.